The molecule has 0 spiro atoms. The second kappa shape index (κ2) is 8.04. The van der Waals surface area contributed by atoms with Crippen LogP contribution in [0.15, 0.2) is 36.4 Å². The average Bonchev–Trinajstić information content (AvgIpc) is 3.17. The van der Waals surface area contributed by atoms with Crippen molar-refractivity contribution in [2.24, 2.45) is 11.8 Å². The molecule has 2 aromatic carbocycles. The van der Waals surface area contributed by atoms with E-state index >= 15 is 0 Å². The number of phenolic OH excluding ortho intramolecular Hbond substituents is 2. The van der Waals surface area contributed by atoms with E-state index in [1.54, 1.807) is 24.3 Å². The summed E-state index contributed by atoms with van der Waals surface area (Å²) >= 11 is 0. The molecule has 0 aromatic heterocycles. The van der Waals surface area contributed by atoms with Gasteiger partial charge in [0.05, 0.1) is 39.6 Å². The van der Waals surface area contributed by atoms with Gasteiger partial charge in [0.1, 0.15) is 0 Å². The zero-order chi connectivity index (χ0) is 19.6. The van der Waals surface area contributed by atoms with Crippen LogP contribution in [0.2, 0.25) is 0 Å². The maximum absolute atomic E-state index is 10.8. The number of hydrogen-bond donors (Lipinski definition) is 4. The topological polar surface area (TPSA) is 109 Å². The Morgan fingerprint density at radius 3 is 1.59 bits per heavy atom. The fraction of sp³-hybridized carbons (Fsp3) is 0.400. The van der Waals surface area contributed by atoms with E-state index in [1.165, 1.54) is 26.4 Å². The number of aliphatic hydroxyl groups is 2. The molecule has 7 nitrogen and oxygen atoms in total. The van der Waals surface area contributed by atoms with E-state index in [0.717, 1.165) is 0 Å². The summed E-state index contributed by atoms with van der Waals surface area (Å²) in [6.45, 7) is 0.586. The summed E-state index contributed by atoms with van der Waals surface area (Å²) < 4.78 is 15.7. The Kier molecular flexibility index (Phi) is 5.74. The van der Waals surface area contributed by atoms with Crippen LogP contribution in [-0.2, 0) is 4.74 Å². The minimum absolute atomic E-state index is 0.0103. The number of hydrogen-bond acceptors (Lipinski definition) is 7. The molecule has 3 rings (SSSR count). The van der Waals surface area contributed by atoms with Crippen LogP contribution in [0.25, 0.3) is 0 Å². The Labute approximate surface area is 157 Å². The van der Waals surface area contributed by atoms with Crippen molar-refractivity contribution in [2.75, 3.05) is 27.4 Å². The van der Waals surface area contributed by atoms with Crippen LogP contribution >= 0.6 is 0 Å². The number of aliphatic hydroxyl groups excluding tert-OH is 2. The molecule has 2 aromatic rings. The van der Waals surface area contributed by atoms with Crippen LogP contribution in [0.1, 0.15) is 23.3 Å². The molecule has 146 valence electrons. The summed E-state index contributed by atoms with van der Waals surface area (Å²) in [5.41, 5.74) is 1.14. The summed E-state index contributed by atoms with van der Waals surface area (Å²) in [7, 11) is 2.88. The van der Waals surface area contributed by atoms with Crippen molar-refractivity contribution in [3.05, 3.63) is 47.5 Å². The zero-order valence-electron chi connectivity index (χ0n) is 15.2. The largest absolute Gasteiger partial charge is 0.504 e. The molecule has 0 bridgehead atoms. The highest BCUT2D eigenvalue weighted by atomic mass is 16.5. The Morgan fingerprint density at radius 1 is 0.815 bits per heavy atom. The van der Waals surface area contributed by atoms with Gasteiger partial charge < -0.3 is 34.6 Å². The van der Waals surface area contributed by atoms with Crippen LogP contribution < -0.4 is 9.47 Å². The second-order valence-electron chi connectivity index (χ2n) is 6.62. The number of phenols is 2. The van der Waals surface area contributed by atoms with E-state index in [4.69, 9.17) is 14.2 Å². The van der Waals surface area contributed by atoms with Crippen molar-refractivity contribution < 1.29 is 34.6 Å². The molecule has 1 saturated heterocycles. The van der Waals surface area contributed by atoms with E-state index in [0.29, 0.717) is 24.3 Å². The first kappa shape index (κ1) is 19.3. The molecule has 1 aliphatic heterocycles. The monoisotopic (exact) mass is 376 g/mol. The van der Waals surface area contributed by atoms with E-state index < -0.39 is 12.2 Å². The molecule has 0 amide bonds. The predicted octanol–water partition coefficient (Wildman–Crippen LogP) is 2.14. The van der Waals surface area contributed by atoms with Crippen molar-refractivity contribution in [1.82, 2.24) is 0 Å². The van der Waals surface area contributed by atoms with Gasteiger partial charge in [-0.2, -0.15) is 0 Å². The summed E-state index contributed by atoms with van der Waals surface area (Å²) in [5, 5.41) is 41.2. The molecule has 1 heterocycles. The molecule has 7 heteroatoms. The third-order valence-electron chi connectivity index (χ3n) is 5.07. The molecule has 4 atom stereocenters. The maximum Gasteiger partial charge on any atom is 0.160 e. The minimum atomic E-state index is -0.902. The SMILES string of the molecule is COc1cc([C@H](O)[C@H]2COC[C@@H]2[C@@H](O)c2ccc(O)c(OC)c2)ccc1O. The normalized spacial score (nSPS) is 21.6. The number of rotatable bonds is 6. The molecular formula is C20H24O7. The highest BCUT2D eigenvalue weighted by Gasteiger charge is 2.39. The lowest BCUT2D eigenvalue weighted by atomic mass is 9.81. The fourth-order valence-corrected chi connectivity index (χ4v) is 3.49. The van der Waals surface area contributed by atoms with Gasteiger partial charge in [-0.15, -0.1) is 0 Å². The van der Waals surface area contributed by atoms with E-state index in [9.17, 15) is 20.4 Å². The van der Waals surface area contributed by atoms with E-state index in [2.05, 4.69) is 0 Å². The Morgan fingerprint density at radius 2 is 1.22 bits per heavy atom. The second-order valence-corrected chi connectivity index (χ2v) is 6.62. The first-order chi connectivity index (χ1) is 13.0. The Balaban J connectivity index is 1.84. The van der Waals surface area contributed by atoms with E-state index in [1.807, 2.05) is 0 Å². The van der Waals surface area contributed by atoms with Gasteiger partial charge in [0.25, 0.3) is 0 Å². The van der Waals surface area contributed by atoms with Crippen LogP contribution in [-0.4, -0.2) is 47.9 Å². The standard InChI is InChI=1S/C20H24O7/c1-25-17-7-11(3-5-15(17)21)19(23)13-9-27-10-14(13)20(24)12-4-6-16(22)18(8-12)26-2/h3-8,13-14,19-24H,9-10H2,1-2H3/t13-,14-,19-,20-/m0/s1. The number of ether oxygens (including phenoxy) is 3. The minimum Gasteiger partial charge on any atom is -0.504 e. The molecule has 27 heavy (non-hydrogen) atoms. The van der Waals surface area contributed by atoms with Gasteiger partial charge in [0, 0.05) is 11.8 Å². The highest BCUT2D eigenvalue weighted by molar-refractivity contribution is 5.43. The van der Waals surface area contributed by atoms with Crippen molar-refractivity contribution >= 4 is 0 Å². The highest BCUT2D eigenvalue weighted by Crippen LogP contribution is 2.42. The molecular weight excluding hydrogens is 352 g/mol. The lowest BCUT2D eigenvalue weighted by molar-refractivity contribution is 0.0302. The Hall–Kier alpha value is -2.48. The first-order valence-corrected chi connectivity index (χ1v) is 8.64. The lowest BCUT2D eigenvalue weighted by Gasteiger charge is -2.27. The first-order valence-electron chi connectivity index (χ1n) is 8.64. The van der Waals surface area contributed by atoms with Crippen LogP contribution in [0, 0.1) is 11.8 Å². The van der Waals surface area contributed by atoms with E-state index in [-0.39, 0.29) is 34.8 Å². The van der Waals surface area contributed by atoms with Gasteiger partial charge in [0.15, 0.2) is 23.0 Å². The molecule has 0 radical (unpaired) electrons. The van der Waals surface area contributed by atoms with Gasteiger partial charge in [-0.1, -0.05) is 12.1 Å². The molecule has 1 aliphatic rings. The van der Waals surface area contributed by atoms with Crippen molar-refractivity contribution in [3.8, 4) is 23.0 Å². The number of methoxy groups -OCH3 is 2. The average molecular weight is 376 g/mol. The summed E-state index contributed by atoms with van der Waals surface area (Å²) in [6, 6.07) is 9.31. The van der Waals surface area contributed by atoms with Crippen LogP contribution in [0.5, 0.6) is 23.0 Å². The van der Waals surface area contributed by atoms with Crippen LogP contribution in [0.4, 0.5) is 0 Å². The van der Waals surface area contributed by atoms with Crippen molar-refractivity contribution in [1.29, 1.82) is 0 Å². The quantitative estimate of drug-likeness (QED) is 0.612. The Bertz CT molecular complexity index is 726. The predicted molar refractivity (Wildman–Crippen MR) is 97.0 cm³/mol. The molecule has 0 saturated carbocycles. The molecule has 0 aliphatic carbocycles. The van der Waals surface area contributed by atoms with Gasteiger partial charge in [-0.05, 0) is 35.4 Å². The van der Waals surface area contributed by atoms with Gasteiger partial charge in [0.2, 0.25) is 0 Å². The fourth-order valence-electron chi connectivity index (χ4n) is 3.49. The van der Waals surface area contributed by atoms with Crippen LogP contribution in [0.3, 0.4) is 0 Å². The van der Waals surface area contributed by atoms with Gasteiger partial charge >= 0.3 is 0 Å². The van der Waals surface area contributed by atoms with Crippen molar-refractivity contribution in [2.45, 2.75) is 12.2 Å². The molecule has 1 fully saturated rings. The third-order valence-corrected chi connectivity index (χ3v) is 5.07. The third kappa shape index (κ3) is 3.80. The summed E-state index contributed by atoms with van der Waals surface area (Å²) in [6.07, 6.45) is -1.80. The summed E-state index contributed by atoms with van der Waals surface area (Å²) in [4.78, 5) is 0. The zero-order valence-corrected chi connectivity index (χ0v) is 15.2. The molecule has 4 N–H and O–H groups in total. The molecule has 0 unspecified atom stereocenters. The van der Waals surface area contributed by atoms with Crippen molar-refractivity contribution in [3.63, 3.8) is 0 Å². The lowest BCUT2D eigenvalue weighted by Crippen LogP contribution is -2.26. The van der Waals surface area contributed by atoms with Gasteiger partial charge in [-0.3, -0.25) is 0 Å². The number of benzene rings is 2. The number of aromatic hydroxyl groups is 2. The summed E-state index contributed by atoms with van der Waals surface area (Å²) in [5.74, 6) is -0.187. The van der Waals surface area contributed by atoms with Gasteiger partial charge in [-0.25, -0.2) is 0 Å². The smallest absolute Gasteiger partial charge is 0.160 e. The maximum atomic E-state index is 10.8.